The lowest BCUT2D eigenvalue weighted by molar-refractivity contribution is -0.123. The molecule has 7 nitrogen and oxygen atoms in total. The van der Waals surface area contributed by atoms with Gasteiger partial charge in [0.25, 0.3) is 11.8 Å². The van der Waals surface area contributed by atoms with Crippen LogP contribution in [-0.4, -0.2) is 34.2 Å². The van der Waals surface area contributed by atoms with Gasteiger partial charge in [0.2, 0.25) is 5.91 Å². The molecule has 1 aliphatic carbocycles. The molecule has 178 valence electrons. The highest BCUT2D eigenvalue weighted by Gasteiger charge is 2.48. The molecule has 3 aliphatic rings. The molecule has 36 heavy (non-hydrogen) atoms. The van der Waals surface area contributed by atoms with Crippen LogP contribution in [0.25, 0.3) is 10.9 Å². The maximum absolute atomic E-state index is 13.6. The summed E-state index contributed by atoms with van der Waals surface area (Å²) in [5, 5.41) is 4.38. The molecule has 1 aromatic heterocycles. The number of hydrogen-bond donors (Lipinski definition) is 2. The first-order valence-corrected chi connectivity index (χ1v) is 12.3. The number of aromatic amines is 1. The number of aryl methyl sites for hydroxylation is 1. The van der Waals surface area contributed by atoms with Crippen molar-refractivity contribution in [2.45, 2.75) is 31.5 Å². The molecule has 3 aromatic carbocycles. The van der Waals surface area contributed by atoms with Gasteiger partial charge < -0.3 is 15.2 Å². The monoisotopic (exact) mass is 476 g/mol. The first-order chi connectivity index (χ1) is 17.6. The van der Waals surface area contributed by atoms with Crippen molar-refractivity contribution in [3.63, 3.8) is 0 Å². The first kappa shape index (κ1) is 20.9. The molecule has 7 rings (SSSR count). The van der Waals surface area contributed by atoms with Crippen molar-refractivity contribution in [3.8, 4) is 0 Å². The molecule has 2 atom stereocenters. The van der Waals surface area contributed by atoms with E-state index in [1.165, 1.54) is 15.8 Å². The van der Waals surface area contributed by atoms with Crippen LogP contribution in [0.1, 0.15) is 62.6 Å². The highest BCUT2D eigenvalue weighted by molar-refractivity contribution is 6.17. The van der Waals surface area contributed by atoms with E-state index in [4.69, 9.17) is 0 Å². The lowest BCUT2D eigenvalue weighted by atomic mass is 9.91. The van der Waals surface area contributed by atoms with Crippen LogP contribution in [0.15, 0.2) is 72.8 Å². The second-order valence-corrected chi connectivity index (χ2v) is 9.66. The third-order valence-corrected chi connectivity index (χ3v) is 7.65. The third-order valence-electron chi connectivity index (χ3n) is 7.65. The molecular formula is C29H24N4O3. The summed E-state index contributed by atoms with van der Waals surface area (Å²) in [7, 11) is 0. The molecule has 0 spiro atoms. The molecule has 3 amide bonds. The number of anilines is 1. The zero-order valence-electron chi connectivity index (χ0n) is 19.5. The zero-order chi connectivity index (χ0) is 24.4. The quantitative estimate of drug-likeness (QED) is 0.457. The van der Waals surface area contributed by atoms with Gasteiger partial charge in [-0.1, -0.05) is 48.5 Å². The minimum atomic E-state index is -0.642. The van der Waals surface area contributed by atoms with Gasteiger partial charge in [-0.15, -0.1) is 0 Å². The van der Waals surface area contributed by atoms with Crippen LogP contribution in [0.2, 0.25) is 0 Å². The molecule has 0 radical (unpaired) electrons. The van der Waals surface area contributed by atoms with Gasteiger partial charge in [0.1, 0.15) is 12.7 Å². The Bertz CT molecular complexity index is 1570. The van der Waals surface area contributed by atoms with Crippen LogP contribution < -0.4 is 10.2 Å². The van der Waals surface area contributed by atoms with E-state index in [1.807, 2.05) is 36.4 Å². The molecule has 0 unspecified atom stereocenters. The number of hydrogen-bond acceptors (Lipinski definition) is 3. The van der Waals surface area contributed by atoms with Crippen molar-refractivity contribution in [1.82, 2.24) is 15.2 Å². The Morgan fingerprint density at radius 3 is 2.56 bits per heavy atom. The highest BCUT2D eigenvalue weighted by atomic mass is 16.2. The van der Waals surface area contributed by atoms with E-state index >= 15 is 0 Å². The standard InChI is InChI=1S/C29H24N4O3/c34-25(30-23-14-7-12-18-17-8-3-5-13-22(17)31-26(18)23)16-32-27-19-9-1-2-10-20(19)29(36)33(27)24-15-6-4-11-21(24)28(32)35/h1-6,8-11,13,15,23,27,31H,7,12,14,16H2,(H,30,34)/t23-,27+/m0/s1. The number of nitrogens with zero attached hydrogens (tertiary/aromatic N) is 2. The number of amides is 3. The van der Waals surface area contributed by atoms with Crippen LogP contribution >= 0.6 is 0 Å². The Balaban J connectivity index is 1.22. The molecular weight excluding hydrogens is 452 g/mol. The minimum Gasteiger partial charge on any atom is -0.356 e. The van der Waals surface area contributed by atoms with Crippen molar-refractivity contribution in [1.29, 1.82) is 0 Å². The van der Waals surface area contributed by atoms with E-state index in [-0.39, 0.29) is 30.3 Å². The lowest BCUT2D eigenvalue weighted by Gasteiger charge is -2.40. The Hall–Kier alpha value is -4.39. The Kier molecular flexibility index (Phi) is 4.54. The lowest BCUT2D eigenvalue weighted by Crippen LogP contribution is -2.51. The van der Waals surface area contributed by atoms with Crippen LogP contribution in [0.3, 0.4) is 0 Å². The van der Waals surface area contributed by atoms with Gasteiger partial charge in [-0.2, -0.15) is 0 Å². The highest BCUT2D eigenvalue weighted by Crippen LogP contribution is 2.45. The van der Waals surface area contributed by atoms with E-state index in [1.54, 1.807) is 29.2 Å². The van der Waals surface area contributed by atoms with Gasteiger partial charge in [-0.05, 0) is 49.1 Å². The number of aromatic nitrogens is 1. The maximum atomic E-state index is 13.6. The van der Waals surface area contributed by atoms with E-state index < -0.39 is 6.17 Å². The predicted molar refractivity (Wildman–Crippen MR) is 136 cm³/mol. The summed E-state index contributed by atoms with van der Waals surface area (Å²) in [5.74, 6) is -0.645. The van der Waals surface area contributed by atoms with Gasteiger partial charge in [-0.25, -0.2) is 0 Å². The molecule has 7 heteroatoms. The van der Waals surface area contributed by atoms with E-state index in [0.29, 0.717) is 16.8 Å². The molecule has 0 saturated carbocycles. The number of carbonyl (C=O) groups excluding carboxylic acids is 3. The summed E-state index contributed by atoms with van der Waals surface area (Å²) >= 11 is 0. The maximum Gasteiger partial charge on any atom is 0.260 e. The number of rotatable bonds is 3. The molecule has 4 aromatic rings. The molecule has 0 bridgehead atoms. The Labute approximate surface area is 207 Å². The topological polar surface area (TPSA) is 85.5 Å². The predicted octanol–water partition coefficient (Wildman–Crippen LogP) is 4.48. The summed E-state index contributed by atoms with van der Waals surface area (Å²) in [4.78, 5) is 47.1. The van der Waals surface area contributed by atoms with Gasteiger partial charge in [0.05, 0.1) is 17.3 Å². The fraction of sp³-hybridized carbons (Fsp3) is 0.207. The zero-order valence-corrected chi connectivity index (χ0v) is 19.5. The number of carbonyl (C=O) groups is 3. The first-order valence-electron chi connectivity index (χ1n) is 12.3. The summed E-state index contributed by atoms with van der Waals surface area (Å²) in [5.41, 5.74) is 5.70. The van der Waals surface area contributed by atoms with Gasteiger partial charge in [0, 0.05) is 27.7 Å². The average Bonchev–Trinajstić information content (AvgIpc) is 3.43. The fourth-order valence-electron chi connectivity index (χ4n) is 6.09. The van der Waals surface area contributed by atoms with Gasteiger partial charge in [0.15, 0.2) is 0 Å². The molecule has 2 aliphatic heterocycles. The summed E-state index contributed by atoms with van der Waals surface area (Å²) in [6.45, 7) is -0.137. The number of nitrogens with one attached hydrogen (secondary N) is 2. The Morgan fingerprint density at radius 1 is 0.917 bits per heavy atom. The second kappa shape index (κ2) is 7.81. The summed E-state index contributed by atoms with van der Waals surface area (Å²) in [6, 6.07) is 22.5. The molecule has 3 heterocycles. The molecule has 2 N–H and O–H groups in total. The van der Waals surface area contributed by atoms with Crippen LogP contribution in [0.5, 0.6) is 0 Å². The second-order valence-electron chi connectivity index (χ2n) is 9.66. The fourth-order valence-corrected chi connectivity index (χ4v) is 6.09. The van der Waals surface area contributed by atoms with Crippen LogP contribution in [0.4, 0.5) is 5.69 Å². The summed E-state index contributed by atoms with van der Waals surface area (Å²) in [6.07, 6.45) is 2.15. The van der Waals surface area contributed by atoms with Crippen molar-refractivity contribution < 1.29 is 14.4 Å². The molecule has 0 fully saturated rings. The van der Waals surface area contributed by atoms with E-state index in [9.17, 15) is 14.4 Å². The van der Waals surface area contributed by atoms with Crippen molar-refractivity contribution >= 4 is 34.3 Å². The van der Waals surface area contributed by atoms with Crippen LogP contribution in [0, 0.1) is 0 Å². The largest absolute Gasteiger partial charge is 0.356 e. The number of para-hydroxylation sites is 2. The SMILES string of the molecule is O=C(CN1C(=O)c2ccccc2N2C(=O)c3ccccc3[C@H]12)N[C@H]1CCCc2c1[nH]c1ccccc21. The van der Waals surface area contributed by atoms with Crippen molar-refractivity contribution in [2.24, 2.45) is 0 Å². The van der Waals surface area contributed by atoms with Crippen molar-refractivity contribution in [2.75, 3.05) is 11.4 Å². The third kappa shape index (κ3) is 2.95. The van der Waals surface area contributed by atoms with Crippen molar-refractivity contribution in [3.05, 3.63) is 101 Å². The number of benzene rings is 3. The van der Waals surface area contributed by atoms with Gasteiger partial charge in [-0.3, -0.25) is 19.3 Å². The van der Waals surface area contributed by atoms with Gasteiger partial charge >= 0.3 is 0 Å². The average molecular weight is 477 g/mol. The normalized spacial score (nSPS) is 20.1. The smallest absolute Gasteiger partial charge is 0.260 e. The summed E-state index contributed by atoms with van der Waals surface area (Å²) < 4.78 is 0. The number of H-pyrrole nitrogens is 1. The van der Waals surface area contributed by atoms with E-state index in [2.05, 4.69) is 22.4 Å². The molecule has 0 saturated heterocycles. The number of fused-ring (bicyclic) bond motifs is 8. The minimum absolute atomic E-state index is 0.137. The Morgan fingerprint density at radius 2 is 1.67 bits per heavy atom. The van der Waals surface area contributed by atoms with E-state index in [0.717, 1.165) is 36.0 Å². The van der Waals surface area contributed by atoms with Crippen LogP contribution in [-0.2, 0) is 11.2 Å².